The van der Waals surface area contributed by atoms with Crippen molar-refractivity contribution in [3.8, 4) is 0 Å². The van der Waals surface area contributed by atoms with Gasteiger partial charge in [-0.3, -0.25) is 0 Å². The standard InChI is InChI=1S/C13H28N2OS2/c1-5-13(6-2,18-4)11-15-12(17)14-9-8-10-16-7-3/h5-11H2,1-4H3,(H2,14,15,17). The molecule has 0 atom stereocenters. The molecule has 2 N–H and O–H groups in total. The van der Waals surface area contributed by atoms with Crippen molar-refractivity contribution in [2.24, 2.45) is 0 Å². The van der Waals surface area contributed by atoms with Crippen LogP contribution in [0.4, 0.5) is 0 Å². The number of thiocarbonyl (C=S) groups is 1. The van der Waals surface area contributed by atoms with Crippen LogP contribution in [0.5, 0.6) is 0 Å². The summed E-state index contributed by atoms with van der Waals surface area (Å²) in [4.78, 5) is 0. The summed E-state index contributed by atoms with van der Waals surface area (Å²) in [6.45, 7) is 9.86. The topological polar surface area (TPSA) is 33.3 Å². The largest absolute Gasteiger partial charge is 0.382 e. The number of rotatable bonds is 10. The van der Waals surface area contributed by atoms with Gasteiger partial charge in [0.1, 0.15) is 0 Å². The van der Waals surface area contributed by atoms with Gasteiger partial charge in [-0.2, -0.15) is 11.8 Å². The maximum absolute atomic E-state index is 5.27. The Labute approximate surface area is 122 Å². The van der Waals surface area contributed by atoms with Crippen molar-refractivity contribution >= 4 is 29.1 Å². The third-order valence-corrected chi connectivity index (χ3v) is 5.12. The second kappa shape index (κ2) is 10.9. The number of thioether (sulfide) groups is 1. The first-order valence-corrected chi connectivity index (χ1v) is 8.42. The van der Waals surface area contributed by atoms with Gasteiger partial charge in [0.2, 0.25) is 0 Å². The van der Waals surface area contributed by atoms with Gasteiger partial charge >= 0.3 is 0 Å². The molecule has 0 aromatic carbocycles. The van der Waals surface area contributed by atoms with Gasteiger partial charge in [0.05, 0.1) is 0 Å². The molecule has 0 aromatic rings. The fourth-order valence-electron chi connectivity index (χ4n) is 1.69. The molecule has 3 nitrogen and oxygen atoms in total. The van der Waals surface area contributed by atoms with Crippen molar-refractivity contribution in [3.63, 3.8) is 0 Å². The second-order valence-corrected chi connectivity index (χ2v) is 5.94. The van der Waals surface area contributed by atoms with Crippen molar-refractivity contribution in [1.82, 2.24) is 10.6 Å². The van der Waals surface area contributed by atoms with Gasteiger partial charge < -0.3 is 15.4 Å². The molecule has 0 aromatic heterocycles. The zero-order valence-electron chi connectivity index (χ0n) is 12.2. The van der Waals surface area contributed by atoms with Crippen LogP contribution >= 0.6 is 24.0 Å². The Kier molecular flexibility index (Phi) is 10.9. The molecule has 0 rings (SSSR count). The van der Waals surface area contributed by atoms with Crippen molar-refractivity contribution in [2.75, 3.05) is 32.6 Å². The van der Waals surface area contributed by atoms with Gasteiger partial charge in [0.15, 0.2) is 5.11 Å². The van der Waals surface area contributed by atoms with Crippen LogP contribution in [0.15, 0.2) is 0 Å². The van der Waals surface area contributed by atoms with Crippen molar-refractivity contribution in [1.29, 1.82) is 0 Å². The van der Waals surface area contributed by atoms with E-state index in [0.717, 1.165) is 50.7 Å². The average molecular weight is 293 g/mol. The third-order valence-electron chi connectivity index (χ3n) is 3.25. The lowest BCUT2D eigenvalue weighted by Gasteiger charge is -2.30. The Balaban J connectivity index is 3.74. The van der Waals surface area contributed by atoms with Crippen LogP contribution in [-0.2, 0) is 4.74 Å². The highest BCUT2D eigenvalue weighted by molar-refractivity contribution is 8.00. The van der Waals surface area contributed by atoms with E-state index in [4.69, 9.17) is 17.0 Å². The average Bonchev–Trinajstić information content (AvgIpc) is 2.41. The quantitative estimate of drug-likeness (QED) is 0.478. The third kappa shape index (κ3) is 7.44. The Hall–Kier alpha value is 0. The molecule has 0 heterocycles. The van der Waals surface area contributed by atoms with E-state index in [1.54, 1.807) is 0 Å². The molecule has 0 unspecified atom stereocenters. The molecular weight excluding hydrogens is 264 g/mol. The minimum atomic E-state index is 0.303. The highest BCUT2D eigenvalue weighted by atomic mass is 32.2. The second-order valence-electron chi connectivity index (χ2n) is 4.25. The van der Waals surface area contributed by atoms with E-state index < -0.39 is 0 Å². The maximum Gasteiger partial charge on any atom is 0.166 e. The molecule has 0 saturated heterocycles. The normalized spacial score (nSPS) is 11.3. The summed E-state index contributed by atoms with van der Waals surface area (Å²) in [5.74, 6) is 0. The highest BCUT2D eigenvalue weighted by Gasteiger charge is 2.24. The van der Waals surface area contributed by atoms with E-state index in [1.165, 1.54) is 0 Å². The molecule has 0 aliphatic heterocycles. The molecule has 0 amide bonds. The summed E-state index contributed by atoms with van der Waals surface area (Å²) < 4.78 is 5.58. The van der Waals surface area contributed by atoms with Gasteiger partial charge in [0, 0.05) is 31.1 Å². The first-order chi connectivity index (χ1) is 8.64. The van der Waals surface area contributed by atoms with Crippen LogP contribution in [0.3, 0.4) is 0 Å². The minimum absolute atomic E-state index is 0.303. The van der Waals surface area contributed by atoms with E-state index in [-0.39, 0.29) is 0 Å². The SMILES string of the molecule is CCOCCCNC(=S)NCC(CC)(CC)SC. The molecule has 108 valence electrons. The van der Waals surface area contributed by atoms with Gasteiger partial charge in [-0.25, -0.2) is 0 Å². The molecule has 0 fully saturated rings. The summed E-state index contributed by atoms with van der Waals surface area (Å²) in [5.41, 5.74) is 0. The van der Waals surface area contributed by atoms with E-state index in [9.17, 15) is 0 Å². The number of hydrogen-bond donors (Lipinski definition) is 2. The molecule has 0 bridgehead atoms. The van der Waals surface area contributed by atoms with Crippen LogP contribution in [0.25, 0.3) is 0 Å². The van der Waals surface area contributed by atoms with Crippen molar-refractivity contribution in [3.05, 3.63) is 0 Å². The predicted octanol–water partition coefficient (Wildman–Crippen LogP) is 2.80. The lowest BCUT2D eigenvalue weighted by Crippen LogP contribution is -2.44. The molecular formula is C13H28N2OS2. The number of hydrogen-bond acceptors (Lipinski definition) is 3. The van der Waals surface area contributed by atoms with Gasteiger partial charge in [-0.05, 0) is 44.7 Å². The Morgan fingerprint density at radius 3 is 2.39 bits per heavy atom. The summed E-state index contributed by atoms with van der Waals surface area (Å²) >= 11 is 7.20. The maximum atomic E-state index is 5.27. The van der Waals surface area contributed by atoms with Crippen LogP contribution in [-0.4, -0.2) is 42.4 Å². The summed E-state index contributed by atoms with van der Waals surface area (Å²) in [5, 5.41) is 7.30. The van der Waals surface area contributed by atoms with E-state index in [0.29, 0.717) is 4.75 Å². The van der Waals surface area contributed by atoms with Crippen molar-refractivity contribution in [2.45, 2.75) is 44.8 Å². The summed E-state index contributed by atoms with van der Waals surface area (Å²) in [6, 6.07) is 0. The smallest absolute Gasteiger partial charge is 0.166 e. The lowest BCUT2D eigenvalue weighted by atomic mass is 10.0. The van der Waals surface area contributed by atoms with Gasteiger partial charge in [-0.1, -0.05) is 13.8 Å². The fraction of sp³-hybridized carbons (Fsp3) is 0.923. The first-order valence-electron chi connectivity index (χ1n) is 6.78. The molecule has 0 spiro atoms. The van der Waals surface area contributed by atoms with Crippen LogP contribution < -0.4 is 10.6 Å². The molecule has 5 heteroatoms. The fourth-order valence-corrected chi connectivity index (χ4v) is 2.65. The van der Waals surface area contributed by atoms with Crippen molar-refractivity contribution < 1.29 is 4.74 Å². The molecule has 18 heavy (non-hydrogen) atoms. The Morgan fingerprint density at radius 2 is 1.89 bits per heavy atom. The summed E-state index contributed by atoms with van der Waals surface area (Å²) in [6.07, 6.45) is 5.48. The van der Waals surface area contributed by atoms with Crippen LogP contribution in [0.1, 0.15) is 40.0 Å². The van der Waals surface area contributed by atoms with Gasteiger partial charge in [0.25, 0.3) is 0 Å². The summed E-state index contributed by atoms with van der Waals surface area (Å²) in [7, 11) is 0. The number of nitrogens with one attached hydrogen (secondary N) is 2. The highest BCUT2D eigenvalue weighted by Crippen LogP contribution is 2.29. The number of ether oxygens (including phenoxy) is 1. The first kappa shape index (κ1) is 18.0. The minimum Gasteiger partial charge on any atom is -0.382 e. The van der Waals surface area contributed by atoms with E-state index in [2.05, 4.69) is 30.7 Å². The van der Waals surface area contributed by atoms with Gasteiger partial charge in [-0.15, -0.1) is 0 Å². The molecule has 0 aliphatic carbocycles. The van der Waals surface area contributed by atoms with Crippen LogP contribution in [0.2, 0.25) is 0 Å². The molecule has 0 aliphatic rings. The van der Waals surface area contributed by atoms with E-state index in [1.807, 2.05) is 18.7 Å². The molecule has 0 saturated carbocycles. The van der Waals surface area contributed by atoms with Crippen LogP contribution in [0, 0.1) is 0 Å². The lowest BCUT2D eigenvalue weighted by molar-refractivity contribution is 0.145. The monoisotopic (exact) mass is 292 g/mol. The zero-order chi connectivity index (χ0) is 13.9. The Bertz CT molecular complexity index is 213. The predicted molar refractivity (Wildman–Crippen MR) is 86.5 cm³/mol. The zero-order valence-corrected chi connectivity index (χ0v) is 13.8. The Morgan fingerprint density at radius 1 is 1.22 bits per heavy atom. The van der Waals surface area contributed by atoms with E-state index >= 15 is 0 Å². The molecule has 0 radical (unpaired) electrons.